The quantitative estimate of drug-likeness (QED) is 0.556. The fourth-order valence-electron chi connectivity index (χ4n) is 0.966. The fourth-order valence-corrected chi connectivity index (χ4v) is 0.966. The first-order valence-electron chi connectivity index (χ1n) is 5.15. The summed E-state index contributed by atoms with van der Waals surface area (Å²) in [7, 11) is 0. The molecule has 0 heterocycles. The summed E-state index contributed by atoms with van der Waals surface area (Å²) in [6.07, 6.45) is 1.60. The van der Waals surface area contributed by atoms with Gasteiger partial charge in [-0.15, -0.1) is 0 Å². The van der Waals surface area contributed by atoms with Gasteiger partial charge in [0.2, 0.25) is 5.91 Å². The second-order valence-corrected chi connectivity index (χ2v) is 3.69. The van der Waals surface area contributed by atoms with Gasteiger partial charge in [-0.2, -0.15) is 0 Å². The maximum Gasteiger partial charge on any atom is 0.220 e. The van der Waals surface area contributed by atoms with E-state index in [4.69, 9.17) is 10.2 Å². The predicted molar refractivity (Wildman–Crippen MR) is 54.8 cm³/mol. The molecule has 0 fully saturated rings. The lowest BCUT2D eigenvalue weighted by Gasteiger charge is -2.10. The number of hydrogen-bond acceptors (Lipinski definition) is 3. The third-order valence-electron chi connectivity index (χ3n) is 2.31. The molecule has 14 heavy (non-hydrogen) atoms. The maximum atomic E-state index is 11.2. The van der Waals surface area contributed by atoms with Crippen LogP contribution in [-0.4, -0.2) is 35.4 Å². The molecule has 4 heteroatoms. The zero-order chi connectivity index (χ0) is 11.0. The molecule has 0 rings (SSSR count). The van der Waals surface area contributed by atoms with Crippen molar-refractivity contribution >= 4 is 5.91 Å². The van der Waals surface area contributed by atoms with Crippen molar-refractivity contribution in [1.82, 2.24) is 5.32 Å². The Morgan fingerprint density at radius 1 is 1.50 bits per heavy atom. The average molecular weight is 203 g/mol. The van der Waals surface area contributed by atoms with E-state index >= 15 is 0 Å². The van der Waals surface area contributed by atoms with Gasteiger partial charge in [0.1, 0.15) is 0 Å². The highest BCUT2D eigenvalue weighted by Gasteiger charge is 2.07. The summed E-state index contributed by atoms with van der Waals surface area (Å²) in [6, 6.07) is 0. The number of nitrogens with one attached hydrogen (secondary N) is 1. The van der Waals surface area contributed by atoms with Crippen LogP contribution < -0.4 is 5.32 Å². The zero-order valence-electron chi connectivity index (χ0n) is 8.99. The summed E-state index contributed by atoms with van der Waals surface area (Å²) >= 11 is 0. The van der Waals surface area contributed by atoms with E-state index in [9.17, 15) is 4.79 Å². The topological polar surface area (TPSA) is 69.6 Å². The molecular formula is C10H21NO3. The Balaban J connectivity index is 3.46. The number of amides is 1. The molecule has 0 aliphatic rings. The van der Waals surface area contributed by atoms with Crippen LogP contribution in [0.5, 0.6) is 0 Å². The van der Waals surface area contributed by atoms with Gasteiger partial charge < -0.3 is 15.5 Å². The second kappa shape index (κ2) is 7.76. The Hall–Kier alpha value is -0.610. The van der Waals surface area contributed by atoms with Crippen molar-refractivity contribution in [2.45, 2.75) is 39.2 Å². The molecule has 1 amide bonds. The molecule has 2 atom stereocenters. The summed E-state index contributed by atoms with van der Waals surface area (Å²) in [6.45, 7) is 4.02. The van der Waals surface area contributed by atoms with Crippen molar-refractivity contribution in [2.75, 3.05) is 13.2 Å². The SMILES string of the molecule is CCC(C)CCC(=O)NCC(O)CO. The van der Waals surface area contributed by atoms with Crippen molar-refractivity contribution in [2.24, 2.45) is 5.92 Å². The minimum atomic E-state index is -0.845. The molecule has 0 aromatic carbocycles. The van der Waals surface area contributed by atoms with Gasteiger partial charge in [0.25, 0.3) is 0 Å². The van der Waals surface area contributed by atoms with Crippen molar-refractivity contribution < 1.29 is 15.0 Å². The number of hydrogen-bond donors (Lipinski definition) is 3. The molecule has 3 N–H and O–H groups in total. The maximum absolute atomic E-state index is 11.2. The predicted octanol–water partition coefficient (Wildman–Crippen LogP) is 0.282. The average Bonchev–Trinajstić information content (AvgIpc) is 2.22. The Bertz CT molecular complexity index is 145. The molecule has 0 aromatic rings. The van der Waals surface area contributed by atoms with Crippen LogP contribution in [0, 0.1) is 5.92 Å². The monoisotopic (exact) mass is 203 g/mol. The van der Waals surface area contributed by atoms with Crippen molar-refractivity contribution in [1.29, 1.82) is 0 Å². The summed E-state index contributed by atoms with van der Waals surface area (Å²) in [5.41, 5.74) is 0. The molecule has 0 saturated heterocycles. The highest BCUT2D eigenvalue weighted by molar-refractivity contribution is 5.75. The molecule has 0 radical (unpaired) electrons. The summed E-state index contributed by atoms with van der Waals surface area (Å²) in [4.78, 5) is 11.2. The van der Waals surface area contributed by atoms with Gasteiger partial charge in [-0.1, -0.05) is 20.3 Å². The zero-order valence-corrected chi connectivity index (χ0v) is 8.99. The molecule has 4 nitrogen and oxygen atoms in total. The highest BCUT2D eigenvalue weighted by Crippen LogP contribution is 2.08. The Kier molecular flexibility index (Phi) is 7.42. The summed E-state index contributed by atoms with van der Waals surface area (Å²) in [5, 5.41) is 20.0. The Morgan fingerprint density at radius 3 is 2.64 bits per heavy atom. The van der Waals surface area contributed by atoms with Crippen LogP contribution in [0.1, 0.15) is 33.1 Å². The van der Waals surface area contributed by atoms with Gasteiger partial charge in [0.05, 0.1) is 12.7 Å². The Morgan fingerprint density at radius 2 is 2.14 bits per heavy atom. The van der Waals surface area contributed by atoms with Crippen LogP contribution in [0.25, 0.3) is 0 Å². The van der Waals surface area contributed by atoms with Crippen LogP contribution in [-0.2, 0) is 4.79 Å². The van der Waals surface area contributed by atoms with E-state index in [1.807, 2.05) is 0 Å². The molecule has 0 spiro atoms. The molecule has 0 saturated carbocycles. The van der Waals surface area contributed by atoms with E-state index in [2.05, 4.69) is 19.2 Å². The lowest BCUT2D eigenvalue weighted by atomic mass is 10.0. The van der Waals surface area contributed by atoms with Crippen molar-refractivity contribution in [3.05, 3.63) is 0 Å². The van der Waals surface area contributed by atoms with Crippen LogP contribution in [0.15, 0.2) is 0 Å². The normalized spacial score (nSPS) is 14.9. The lowest BCUT2D eigenvalue weighted by Crippen LogP contribution is -2.33. The molecule has 84 valence electrons. The van der Waals surface area contributed by atoms with Crippen LogP contribution >= 0.6 is 0 Å². The fraction of sp³-hybridized carbons (Fsp3) is 0.900. The summed E-state index contributed by atoms with van der Waals surface area (Å²) in [5.74, 6) is 0.501. The lowest BCUT2D eigenvalue weighted by molar-refractivity contribution is -0.121. The number of rotatable bonds is 7. The van der Waals surface area contributed by atoms with Gasteiger partial charge in [-0.25, -0.2) is 0 Å². The largest absolute Gasteiger partial charge is 0.394 e. The van der Waals surface area contributed by atoms with E-state index in [1.54, 1.807) is 0 Å². The number of aliphatic hydroxyl groups excluding tert-OH is 2. The molecule has 0 aliphatic carbocycles. The Labute approximate surface area is 85.3 Å². The van der Waals surface area contributed by atoms with Gasteiger partial charge in [-0.05, 0) is 12.3 Å². The third-order valence-corrected chi connectivity index (χ3v) is 2.31. The first-order valence-corrected chi connectivity index (χ1v) is 5.15. The van der Waals surface area contributed by atoms with Crippen LogP contribution in [0.3, 0.4) is 0 Å². The standard InChI is InChI=1S/C10H21NO3/c1-3-8(2)4-5-10(14)11-6-9(13)7-12/h8-9,12-13H,3-7H2,1-2H3,(H,11,14). The van der Waals surface area contributed by atoms with Crippen LogP contribution in [0.2, 0.25) is 0 Å². The molecule has 0 aliphatic heterocycles. The highest BCUT2D eigenvalue weighted by atomic mass is 16.3. The van der Waals surface area contributed by atoms with Crippen molar-refractivity contribution in [3.8, 4) is 0 Å². The van der Waals surface area contributed by atoms with E-state index in [-0.39, 0.29) is 19.1 Å². The third kappa shape index (κ3) is 6.86. The molecular weight excluding hydrogens is 182 g/mol. The van der Waals surface area contributed by atoms with E-state index in [0.29, 0.717) is 12.3 Å². The smallest absolute Gasteiger partial charge is 0.220 e. The second-order valence-electron chi connectivity index (χ2n) is 3.69. The molecule has 0 bridgehead atoms. The van der Waals surface area contributed by atoms with Gasteiger partial charge >= 0.3 is 0 Å². The number of carbonyl (C=O) groups is 1. The van der Waals surface area contributed by atoms with Crippen molar-refractivity contribution in [3.63, 3.8) is 0 Å². The van der Waals surface area contributed by atoms with E-state index in [1.165, 1.54) is 0 Å². The van der Waals surface area contributed by atoms with E-state index in [0.717, 1.165) is 12.8 Å². The minimum Gasteiger partial charge on any atom is -0.394 e. The first-order chi connectivity index (χ1) is 6.60. The number of aliphatic hydroxyl groups is 2. The minimum absolute atomic E-state index is 0.0576. The van der Waals surface area contributed by atoms with Gasteiger partial charge in [0, 0.05) is 13.0 Å². The van der Waals surface area contributed by atoms with E-state index < -0.39 is 6.10 Å². The van der Waals surface area contributed by atoms with Crippen LogP contribution in [0.4, 0.5) is 0 Å². The number of carbonyl (C=O) groups excluding carboxylic acids is 1. The first kappa shape index (κ1) is 13.4. The summed E-state index contributed by atoms with van der Waals surface area (Å²) < 4.78 is 0. The van der Waals surface area contributed by atoms with Gasteiger partial charge in [-0.3, -0.25) is 4.79 Å². The molecule has 2 unspecified atom stereocenters. The molecule has 0 aromatic heterocycles. The van der Waals surface area contributed by atoms with Gasteiger partial charge in [0.15, 0.2) is 0 Å².